The standard InChI is InChI=1S/C8H6F3N3O2S/c9-8(10,11)17(15,16)14-7-5-3-1-2-4-6(5)12-13-7/h1-4H,(H2,12,13,14). The summed E-state index contributed by atoms with van der Waals surface area (Å²) in [4.78, 5) is 0. The number of halogens is 3. The minimum Gasteiger partial charge on any atom is -0.276 e. The second-order valence-corrected chi connectivity index (χ2v) is 4.84. The Kier molecular flexibility index (Phi) is 2.49. The van der Waals surface area contributed by atoms with Crippen LogP contribution in [0.15, 0.2) is 24.3 Å². The number of aromatic nitrogens is 2. The quantitative estimate of drug-likeness (QED) is 0.869. The second kappa shape index (κ2) is 3.62. The predicted octanol–water partition coefficient (Wildman–Crippen LogP) is 1.82. The monoisotopic (exact) mass is 265 g/mol. The van der Waals surface area contributed by atoms with Crippen molar-refractivity contribution in [3.8, 4) is 0 Å². The van der Waals surface area contributed by atoms with Crippen LogP contribution in [0.3, 0.4) is 0 Å². The van der Waals surface area contributed by atoms with Gasteiger partial charge in [-0.15, -0.1) is 0 Å². The zero-order valence-corrected chi connectivity index (χ0v) is 8.93. The molecule has 9 heteroatoms. The van der Waals surface area contributed by atoms with Crippen LogP contribution < -0.4 is 4.72 Å². The highest BCUT2D eigenvalue weighted by Crippen LogP contribution is 2.27. The first kappa shape index (κ1) is 11.7. The highest BCUT2D eigenvalue weighted by Gasteiger charge is 2.46. The maximum atomic E-state index is 12.1. The molecule has 0 radical (unpaired) electrons. The highest BCUT2D eigenvalue weighted by molar-refractivity contribution is 7.93. The highest BCUT2D eigenvalue weighted by atomic mass is 32.2. The molecule has 2 rings (SSSR count). The number of nitrogens with one attached hydrogen (secondary N) is 2. The molecule has 1 aromatic carbocycles. The molecule has 92 valence electrons. The summed E-state index contributed by atoms with van der Waals surface area (Å²) in [6, 6.07) is 6.21. The molecule has 1 heterocycles. The van der Waals surface area contributed by atoms with Gasteiger partial charge in [0.25, 0.3) is 0 Å². The third kappa shape index (κ3) is 2.05. The van der Waals surface area contributed by atoms with Gasteiger partial charge in [-0.2, -0.15) is 26.7 Å². The van der Waals surface area contributed by atoms with Gasteiger partial charge in [0, 0.05) is 5.39 Å². The van der Waals surface area contributed by atoms with E-state index in [4.69, 9.17) is 0 Å². The molecule has 2 aromatic rings. The van der Waals surface area contributed by atoms with E-state index in [-0.39, 0.29) is 11.2 Å². The van der Waals surface area contributed by atoms with Crippen LogP contribution in [0, 0.1) is 0 Å². The summed E-state index contributed by atoms with van der Waals surface area (Å²) in [5.41, 5.74) is -4.93. The zero-order valence-electron chi connectivity index (χ0n) is 8.12. The Morgan fingerprint density at radius 1 is 1.24 bits per heavy atom. The van der Waals surface area contributed by atoms with Crippen LogP contribution >= 0.6 is 0 Å². The van der Waals surface area contributed by atoms with Gasteiger partial charge >= 0.3 is 15.5 Å². The third-order valence-corrected chi connectivity index (χ3v) is 3.08. The Morgan fingerprint density at radius 2 is 1.88 bits per heavy atom. The number of rotatable bonds is 2. The molecule has 5 nitrogen and oxygen atoms in total. The SMILES string of the molecule is O=S(=O)(Nc1n[nH]c2ccccc12)C(F)(F)F. The molecule has 0 bridgehead atoms. The number of benzene rings is 1. The van der Waals surface area contributed by atoms with Crippen molar-refractivity contribution in [1.82, 2.24) is 10.2 Å². The van der Waals surface area contributed by atoms with Crippen molar-refractivity contribution in [2.75, 3.05) is 4.72 Å². The van der Waals surface area contributed by atoms with Crippen LogP contribution in [0.2, 0.25) is 0 Å². The van der Waals surface area contributed by atoms with Gasteiger partial charge in [0.15, 0.2) is 5.82 Å². The van der Waals surface area contributed by atoms with Gasteiger partial charge < -0.3 is 0 Å². The summed E-state index contributed by atoms with van der Waals surface area (Å²) in [6.45, 7) is 0. The predicted molar refractivity (Wildman–Crippen MR) is 54.7 cm³/mol. The van der Waals surface area contributed by atoms with Gasteiger partial charge in [-0.3, -0.25) is 9.82 Å². The molecular weight excluding hydrogens is 259 g/mol. The molecule has 0 fully saturated rings. The molecule has 0 saturated carbocycles. The normalized spacial score (nSPS) is 12.9. The van der Waals surface area contributed by atoms with Crippen LogP contribution in [0.5, 0.6) is 0 Å². The van der Waals surface area contributed by atoms with Gasteiger partial charge in [-0.1, -0.05) is 12.1 Å². The molecule has 0 aliphatic carbocycles. The number of sulfonamides is 1. The van der Waals surface area contributed by atoms with E-state index < -0.39 is 15.5 Å². The number of anilines is 1. The van der Waals surface area contributed by atoms with Crippen molar-refractivity contribution in [2.45, 2.75) is 5.51 Å². The molecule has 1 aromatic heterocycles. The zero-order chi connectivity index (χ0) is 12.7. The fourth-order valence-corrected chi connectivity index (χ4v) is 1.75. The maximum Gasteiger partial charge on any atom is 0.516 e. The van der Waals surface area contributed by atoms with Gasteiger partial charge in [0.2, 0.25) is 0 Å². The summed E-state index contributed by atoms with van der Waals surface area (Å²) in [5.74, 6) is -0.377. The van der Waals surface area contributed by atoms with E-state index in [9.17, 15) is 21.6 Å². The molecule has 2 N–H and O–H groups in total. The summed E-state index contributed by atoms with van der Waals surface area (Å²) < 4.78 is 59.5. The topological polar surface area (TPSA) is 74.8 Å². The number of alkyl halides is 3. The van der Waals surface area contributed by atoms with E-state index in [0.29, 0.717) is 5.52 Å². The van der Waals surface area contributed by atoms with E-state index in [1.165, 1.54) is 10.8 Å². The second-order valence-electron chi connectivity index (χ2n) is 3.17. The number of hydrogen-bond acceptors (Lipinski definition) is 3. The van der Waals surface area contributed by atoms with E-state index in [1.54, 1.807) is 18.2 Å². The average Bonchev–Trinajstić information content (AvgIpc) is 2.60. The Hall–Kier alpha value is -1.77. The Bertz CT molecular complexity index is 647. The van der Waals surface area contributed by atoms with Crippen LogP contribution in [-0.2, 0) is 10.0 Å². The van der Waals surface area contributed by atoms with Crippen molar-refractivity contribution in [2.24, 2.45) is 0 Å². The molecule has 0 atom stereocenters. The van der Waals surface area contributed by atoms with Gasteiger partial charge in [0.1, 0.15) is 0 Å². The van der Waals surface area contributed by atoms with Crippen molar-refractivity contribution in [1.29, 1.82) is 0 Å². The van der Waals surface area contributed by atoms with Crippen molar-refractivity contribution in [3.05, 3.63) is 24.3 Å². The summed E-state index contributed by atoms with van der Waals surface area (Å²) >= 11 is 0. The maximum absolute atomic E-state index is 12.1. The summed E-state index contributed by atoms with van der Waals surface area (Å²) in [7, 11) is -5.44. The van der Waals surface area contributed by atoms with Gasteiger partial charge in [-0.25, -0.2) is 0 Å². The fourth-order valence-electron chi connectivity index (χ4n) is 1.23. The van der Waals surface area contributed by atoms with E-state index in [1.807, 2.05) is 0 Å². The van der Waals surface area contributed by atoms with Crippen LogP contribution in [0.1, 0.15) is 0 Å². The lowest BCUT2D eigenvalue weighted by Gasteiger charge is -2.08. The lowest BCUT2D eigenvalue weighted by atomic mass is 10.2. The number of nitrogens with zero attached hydrogens (tertiary/aromatic N) is 1. The van der Waals surface area contributed by atoms with E-state index in [2.05, 4.69) is 10.2 Å². The van der Waals surface area contributed by atoms with Crippen LogP contribution in [0.4, 0.5) is 19.0 Å². The molecular formula is C8H6F3N3O2S. The van der Waals surface area contributed by atoms with Crippen molar-refractivity contribution < 1.29 is 21.6 Å². The number of H-pyrrole nitrogens is 1. The molecule has 0 spiro atoms. The van der Waals surface area contributed by atoms with E-state index >= 15 is 0 Å². The molecule has 0 amide bonds. The Morgan fingerprint density at radius 3 is 2.53 bits per heavy atom. The van der Waals surface area contributed by atoms with Crippen molar-refractivity contribution >= 4 is 26.7 Å². The summed E-state index contributed by atoms with van der Waals surface area (Å²) in [6.07, 6.45) is 0. The molecule has 0 saturated heterocycles. The summed E-state index contributed by atoms with van der Waals surface area (Å²) in [5, 5.41) is 6.16. The number of aromatic amines is 1. The van der Waals surface area contributed by atoms with Gasteiger partial charge in [0.05, 0.1) is 5.52 Å². The average molecular weight is 265 g/mol. The third-order valence-electron chi connectivity index (χ3n) is 2.01. The molecule has 0 unspecified atom stereocenters. The molecule has 0 aliphatic rings. The fraction of sp³-hybridized carbons (Fsp3) is 0.125. The number of hydrogen-bond donors (Lipinski definition) is 2. The number of fused-ring (bicyclic) bond motifs is 1. The van der Waals surface area contributed by atoms with Crippen LogP contribution in [-0.4, -0.2) is 24.1 Å². The lowest BCUT2D eigenvalue weighted by molar-refractivity contribution is -0.0429. The Labute approximate surface area is 93.7 Å². The largest absolute Gasteiger partial charge is 0.516 e. The van der Waals surface area contributed by atoms with E-state index in [0.717, 1.165) is 0 Å². The first-order chi connectivity index (χ1) is 7.81. The van der Waals surface area contributed by atoms with Gasteiger partial charge in [-0.05, 0) is 12.1 Å². The smallest absolute Gasteiger partial charge is 0.276 e. The molecule has 17 heavy (non-hydrogen) atoms. The lowest BCUT2D eigenvalue weighted by Crippen LogP contribution is -2.30. The first-order valence-corrected chi connectivity index (χ1v) is 5.82. The number of para-hydroxylation sites is 1. The first-order valence-electron chi connectivity index (χ1n) is 4.33. The van der Waals surface area contributed by atoms with Crippen molar-refractivity contribution in [3.63, 3.8) is 0 Å². The molecule has 0 aliphatic heterocycles. The Balaban J connectivity index is 2.44. The minimum atomic E-state index is -5.44. The minimum absolute atomic E-state index is 0.264. The van der Waals surface area contributed by atoms with Crippen LogP contribution in [0.25, 0.3) is 10.9 Å².